The van der Waals surface area contributed by atoms with E-state index in [0.29, 0.717) is 0 Å². The first-order chi connectivity index (χ1) is 4.33. The largest absolute Gasteiger partial charge is 0.293 e. The Morgan fingerprint density at radius 1 is 1.78 bits per heavy atom. The van der Waals surface area contributed by atoms with Crippen molar-refractivity contribution in [2.75, 3.05) is 6.54 Å². The molecule has 0 aliphatic carbocycles. The lowest BCUT2D eigenvalue weighted by Crippen LogP contribution is -2.11. The third kappa shape index (κ3) is 1.53. The van der Waals surface area contributed by atoms with Crippen molar-refractivity contribution in [3.63, 3.8) is 0 Å². The van der Waals surface area contributed by atoms with E-state index in [9.17, 15) is 0 Å². The molecule has 0 spiro atoms. The molecule has 0 aromatic heterocycles. The Morgan fingerprint density at radius 2 is 2.56 bits per heavy atom. The molecule has 0 radical (unpaired) electrons. The van der Waals surface area contributed by atoms with Gasteiger partial charge in [0.1, 0.15) is 0 Å². The average Bonchev–Trinajstić information content (AvgIpc) is 1.90. The van der Waals surface area contributed by atoms with Crippen LogP contribution in [0.15, 0.2) is 4.99 Å². The van der Waals surface area contributed by atoms with Crippen molar-refractivity contribution in [1.82, 2.24) is 0 Å². The summed E-state index contributed by atoms with van der Waals surface area (Å²) in [5, 5.41) is 8.46. The van der Waals surface area contributed by atoms with Gasteiger partial charge in [0.05, 0.1) is 18.5 Å². The maximum Gasteiger partial charge on any atom is 0.0675 e. The van der Waals surface area contributed by atoms with E-state index in [2.05, 4.69) is 11.1 Å². The summed E-state index contributed by atoms with van der Waals surface area (Å²) in [5.74, 6) is 0.189. The molecule has 0 saturated heterocycles. The molecule has 1 heterocycles. The molecule has 0 amide bonds. The van der Waals surface area contributed by atoms with Gasteiger partial charge in [-0.25, -0.2) is 0 Å². The van der Waals surface area contributed by atoms with Gasteiger partial charge >= 0.3 is 0 Å². The summed E-state index contributed by atoms with van der Waals surface area (Å²) in [6, 6.07) is 2.22. The smallest absolute Gasteiger partial charge is 0.0675 e. The van der Waals surface area contributed by atoms with Crippen molar-refractivity contribution >= 4 is 5.71 Å². The van der Waals surface area contributed by atoms with E-state index in [0.717, 1.165) is 19.4 Å². The molecule has 1 rings (SSSR count). The minimum atomic E-state index is 0.189. The van der Waals surface area contributed by atoms with E-state index in [1.54, 1.807) is 0 Å². The standard InChI is InChI=1S/C7H10N2/c1-6-2-3-7(4-8)5-9-6/h7H,2-3,5H2,1H3. The lowest BCUT2D eigenvalue weighted by atomic mass is 10.0. The zero-order valence-electron chi connectivity index (χ0n) is 5.59. The van der Waals surface area contributed by atoms with Crippen molar-refractivity contribution in [2.24, 2.45) is 10.9 Å². The van der Waals surface area contributed by atoms with Crippen LogP contribution in [0.25, 0.3) is 0 Å². The van der Waals surface area contributed by atoms with E-state index in [4.69, 9.17) is 5.26 Å². The van der Waals surface area contributed by atoms with Gasteiger partial charge in [-0.05, 0) is 19.8 Å². The minimum absolute atomic E-state index is 0.189. The number of hydrogen-bond acceptors (Lipinski definition) is 2. The van der Waals surface area contributed by atoms with Crippen LogP contribution in [0, 0.1) is 17.2 Å². The Balaban J connectivity index is 2.48. The topological polar surface area (TPSA) is 36.1 Å². The first-order valence-electron chi connectivity index (χ1n) is 3.22. The van der Waals surface area contributed by atoms with Gasteiger partial charge in [0.2, 0.25) is 0 Å². The summed E-state index contributed by atoms with van der Waals surface area (Å²) in [6.07, 6.45) is 2.02. The van der Waals surface area contributed by atoms with E-state index < -0.39 is 0 Å². The van der Waals surface area contributed by atoms with Gasteiger partial charge in [0.15, 0.2) is 0 Å². The van der Waals surface area contributed by atoms with E-state index in [-0.39, 0.29) is 5.92 Å². The predicted molar refractivity (Wildman–Crippen MR) is 36.3 cm³/mol. The average molecular weight is 122 g/mol. The van der Waals surface area contributed by atoms with E-state index in [1.807, 2.05) is 6.92 Å². The minimum Gasteiger partial charge on any atom is -0.293 e. The maximum atomic E-state index is 8.46. The molecule has 0 saturated carbocycles. The number of rotatable bonds is 0. The quantitative estimate of drug-likeness (QED) is 0.478. The number of nitrogens with zero attached hydrogens (tertiary/aromatic N) is 2. The van der Waals surface area contributed by atoms with Gasteiger partial charge in [-0.1, -0.05) is 0 Å². The number of nitriles is 1. The monoisotopic (exact) mass is 122 g/mol. The number of aliphatic imine (C=N–C) groups is 1. The van der Waals surface area contributed by atoms with Gasteiger partial charge in [-0.3, -0.25) is 4.99 Å². The fourth-order valence-electron chi connectivity index (χ4n) is 0.925. The van der Waals surface area contributed by atoms with Gasteiger partial charge in [-0.2, -0.15) is 5.26 Å². The van der Waals surface area contributed by atoms with Crippen LogP contribution >= 0.6 is 0 Å². The van der Waals surface area contributed by atoms with Gasteiger partial charge in [0, 0.05) is 5.71 Å². The van der Waals surface area contributed by atoms with Gasteiger partial charge in [0.25, 0.3) is 0 Å². The second kappa shape index (κ2) is 2.63. The van der Waals surface area contributed by atoms with Crippen LogP contribution in [0.4, 0.5) is 0 Å². The fourth-order valence-corrected chi connectivity index (χ4v) is 0.925. The molecule has 0 aromatic rings. The molecule has 1 aliphatic rings. The highest BCUT2D eigenvalue weighted by molar-refractivity contribution is 5.82. The predicted octanol–water partition coefficient (Wildman–Crippen LogP) is 1.38. The van der Waals surface area contributed by atoms with Crippen molar-refractivity contribution in [3.05, 3.63) is 0 Å². The lowest BCUT2D eigenvalue weighted by molar-refractivity contribution is 0.605. The van der Waals surface area contributed by atoms with Crippen LogP contribution in [-0.4, -0.2) is 12.3 Å². The second-order valence-corrected chi connectivity index (χ2v) is 2.44. The lowest BCUT2D eigenvalue weighted by Gasteiger charge is -2.11. The normalized spacial score (nSPS) is 26.7. The third-order valence-electron chi connectivity index (χ3n) is 1.62. The Bertz CT molecular complexity index is 164. The Hall–Kier alpha value is -0.840. The van der Waals surface area contributed by atoms with Crippen LogP contribution in [0.5, 0.6) is 0 Å². The molecule has 0 fully saturated rings. The first kappa shape index (κ1) is 6.28. The van der Waals surface area contributed by atoms with Crippen molar-refractivity contribution in [3.8, 4) is 6.07 Å². The van der Waals surface area contributed by atoms with Crippen LogP contribution in [-0.2, 0) is 0 Å². The molecule has 9 heavy (non-hydrogen) atoms. The SMILES string of the molecule is CC1=NCC(C#N)CC1. The highest BCUT2D eigenvalue weighted by Crippen LogP contribution is 2.12. The molecule has 1 aliphatic heterocycles. The molecular weight excluding hydrogens is 112 g/mol. The van der Waals surface area contributed by atoms with E-state index >= 15 is 0 Å². The van der Waals surface area contributed by atoms with Crippen LogP contribution in [0.3, 0.4) is 0 Å². The maximum absolute atomic E-state index is 8.46. The van der Waals surface area contributed by atoms with Crippen LogP contribution in [0.1, 0.15) is 19.8 Å². The molecule has 2 heteroatoms. The molecule has 0 N–H and O–H groups in total. The van der Waals surface area contributed by atoms with Gasteiger partial charge in [-0.15, -0.1) is 0 Å². The summed E-state index contributed by atoms with van der Waals surface area (Å²) >= 11 is 0. The Kier molecular flexibility index (Phi) is 1.84. The molecular formula is C7H10N2. The fraction of sp³-hybridized carbons (Fsp3) is 0.714. The second-order valence-electron chi connectivity index (χ2n) is 2.44. The van der Waals surface area contributed by atoms with Crippen molar-refractivity contribution in [2.45, 2.75) is 19.8 Å². The zero-order valence-corrected chi connectivity index (χ0v) is 5.59. The van der Waals surface area contributed by atoms with Gasteiger partial charge < -0.3 is 0 Å². The molecule has 1 atom stereocenters. The van der Waals surface area contributed by atoms with Crippen LogP contribution < -0.4 is 0 Å². The summed E-state index contributed by atoms with van der Waals surface area (Å²) in [5.41, 5.74) is 1.20. The highest BCUT2D eigenvalue weighted by atomic mass is 14.8. The molecule has 1 unspecified atom stereocenters. The number of hydrogen-bond donors (Lipinski definition) is 0. The van der Waals surface area contributed by atoms with Crippen molar-refractivity contribution < 1.29 is 0 Å². The Labute approximate surface area is 55.2 Å². The highest BCUT2D eigenvalue weighted by Gasteiger charge is 2.11. The molecule has 2 nitrogen and oxygen atoms in total. The summed E-state index contributed by atoms with van der Waals surface area (Å²) in [6.45, 7) is 2.75. The van der Waals surface area contributed by atoms with Crippen molar-refractivity contribution in [1.29, 1.82) is 5.26 Å². The molecule has 48 valence electrons. The first-order valence-corrected chi connectivity index (χ1v) is 3.22. The zero-order chi connectivity index (χ0) is 6.69. The van der Waals surface area contributed by atoms with E-state index in [1.165, 1.54) is 5.71 Å². The third-order valence-corrected chi connectivity index (χ3v) is 1.62. The summed E-state index contributed by atoms with van der Waals surface area (Å²) < 4.78 is 0. The summed E-state index contributed by atoms with van der Waals surface area (Å²) in [7, 11) is 0. The summed E-state index contributed by atoms with van der Waals surface area (Å²) in [4.78, 5) is 4.18. The van der Waals surface area contributed by atoms with Crippen LogP contribution in [0.2, 0.25) is 0 Å². The Morgan fingerprint density at radius 3 is 3.00 bits per heavy atom. The molecule has 0 bridgehead atoms. The molecule has 0 aromatic carbocycles.